The van der Waals surface area contributed by atoms with Crippen molar-refractivity contribution in [3.05, 3.63) is 50.7 Å². The van der Waals surface area contributed by atoms with Gasteiger partial charge in [-0.15, -0.1) is 11.3 Å². The average molecular weight is 393 g/mol. The highest BCUT2D eigenvalue weighted by molar-refractivity contribution is 7.14. The van der Waals surface area contributed by atoms with Crippen LogP contribution in [0.5, 0.6) is 11.5 Å². The Morgan fingerprint density at radius 2 is 2.08 bits per heavy atom. The molecule has 0 N–H and O–H groups in total. The molecule has 1 aliphatic heterocycles. The van der Waals surface area contributed by atoms with Crippen LogP contribution in [-0.4, -0.2) is 31.6 Å². The quantitative estimate of drug-likeness (QED) is 0.431. The largest absolute Gasteiger partial charge is 0.489 e. The van der Waals surface area contributed by atoms with E-state index in [1.807, 2.05) is 13.0 Å². The highest BCUT2D eigenvalue weighted by Gasteiger charge is 2.15. The van der Waals surface area contributed by atoms with E-state index in [2.05, 4.69) is 0 Å². The summed E-state index contributed by atoms with van der Waals surface area (Å²) < 4.78 is 16.2. The number of ketones is 1. The Kier molecular flexibility index (Phi) is 5.96. The maximum atomic E-state index is 11.9. The number of carbonyl (C=O) groups is 2. The molecule has 1 aromatic carbocycles. The van der Waals surface area contributed by atoms with Crippen LogP contribution >= 0.6 is 22.9 Å². The maximum absolute atomic E-state index is 11.9. The van der Waals surface area contributed by atoms with Gasteiger partial charge in [-0.05, 0) is 42.8 Å². The van der Waals surface area contributed by atoms with Crippen LogP contribution in [0.2, 0.25) is 5.02 Å². The molecule has 2 heterocycles. The van der Waals surface area contributed by atoms with Crippen LogP contribution in [-0.2, 0) is 9.53 Å². The molecule has 2 aromatic rings. The van der Waals surface area contributed by atoms with Crippen LogP contribution in [0.15, 0.2) is 30.3 Å². The summed E-state index contributed by atoms with van der Waals surface area (Å²) in [7, 11) is 0. The molecule has 0 fully saturated rings. The van der Waals surface area contributed by atoms with Crippen molar-refractivity contribution in [3.63, 3.8) is 0 Å². The minimum Gasteiger partial charge on any atom is -0.489 e. The summed E-state index contributed by atoms with van der Waals surface area (Å²) in [5, 5.41) is 0.417. The van der Waals surface area contributed by atoms with Crippen molar-refractivity contribution < 1.29 is 23.8 Å². The van der Waals surface area contributed by atoms with Gasteiger partial charge in [0.25, 0.3) is 0 Å². The van der Waals surface area contributed by atoms with Gasteiger partial charge >= 0.3 is 5.97 Å². The molecule has 26 heavy (non-hydrogen) atoms. The van der Waals surface area contributed by atoms with E-state index < -0.39 is 5.97 Å². The smallest absolute Gasteiger partial charge is 0.331 e. The molecular formula is C19H17ClO5S. The molecule has 0 aliphatic carbocycles. The molecular weight excluding hydrogens is 376 g/mol. The first-order valence-electron chi connectivity index (χ1n) is 8.06. The number of fused-ring (bicyclic) bond motifs is 1. The molecule has 1 aromatic heterocycles. The van der Waals surface area contributed by atoms with E-state index in [4.69, 9.17) is 25.8 Å². The fourth-order valence-electron chi connectivity index (χ4n) is 2.35. The van der Waals surface area contributed by atoms with Gasteiger partial charge in [-0.2, -0.15) is 0 Å². The van der Waals surface area contributed by atoms with Gasteiger partial charge in [-0.1, -0.05) is 11.6 Å². The molecule has 136 valence electrons. The number of rotatable bonds is 5. The summed E-state index contributed by atoms with van der Waals surface area (Å²) in [4.78, 5) is 25.4. The molecule has 0 radical (unpaired) electrons. The fraction of sp³-hybridized carbons (Fsp3) is 0.263. The molecule has 0 spiro atoms. The highest BCUT2D eigenvalue weighted by Crippen LogP contribution is 2.38. The third-order valence-corrected chi connectivity index (χ3v) is 4.92. The standard InChI is InChI=1S/C19H17ClO5S/c1-12-3-5-17(26-12)15(21)11-25-18(22)6-4-13-9-14(20)19-16(10-13)23-7-2-8-24-19/h3-6,9-10H,2,7-8,11H2,1H3/b6-4+. The van der Waals surface area contributed by atoms with Crippen LogP contribution in [0.4, 0.5) is 0 Å². The molecule has 0 bridgehead atoms. The summed E-state index contributed by atoms with van der Waals surface area (Å²) in [5.74, 6) is 0.241. The molecule has 1 aliphatic rings. The SMILES string of the molecule is Cc1ccc(C(=O)COC(=O)/C=C/c2cc(Cl)c3c(c2)OCCCO3)s1. The van der Waals surface area contributed by atoms with E-state index in [0.717, 1.165) is 11.3 Å². The monoisotopic (exact) mass is 392 g/mol. The number of benzene rings is 1. The van der Waals surface area contributed by atoms with Gasteiger partial charge in [0.1, 0.15) is 0 Å². The minimum absolute atomic E-state index is 0.219. The van der Waals surface area contributed by atoms with Crippen molar-refractivity contribution >= 4 is 40.8 Å². The predicted octanol–water partition coefficient (Wildman–Crippen LogP) is 4.31. The van der Waals surface area contributed by atoms with Gasteiger partial charge in [0, 0.05) is 17.4 Å². The number of thiophene rings is 1. The second kappa shape index (κ2) is 8.38. The van der Waals surface area contributed by atoms with E-state index in [1.165, 1.54) is 17.4 Å². The number of esters is 1. The van der Waals surface area contributed by atoms with Gasteiger partial charge in [0.05, 0.1) is 23.1 Å². The first kappa shape index (κ1) is 18.5. The van der Waals surface area contributed by atoms with Crippen molar-refractivity contribution in [2.24, 2.45) is 0 Å². The Morgan fingerprint density at radius 3 is 2.85 bits per heavy atom. The lowest BCUT2D eigenvalue weighted by Gasteiger charge is -2.09. The third-order valence-electron chi connectivity index (χ3n) is 3.60. The normalized spacial score (nSPS) is 13.5. The Balaban J connectivity index is 1.60. The van der Waals surface area contributed by atoms with E-state index in [9.17, 15) is 9.59 Å². The first-order valence-corrected chi connectivity index (χ1v) is 9.26. The Morgan fingerprint density at radius 1 is 1.27 bits per heavy atom. The molecule has 0 unspecified atom stereocenters. The molecule has 7 heteroatoms. The maximum Gasteiger partial charge on any atom is 0.331 e. The topological polar surface area (TPSA) is 61.8 Å². The summed E-state index contributed by atoms with van der Waals surface area (Å²) in [6, 6.07) is 7.01. The molecule has 0 saturated heterocycles. The zero-order valence-electron chi connectivity index (χ0n) is 14.1. The summed E-state index contributed by atoms with van der Waals surface area (Å²) in [5.41, 5.74) is 0.677. The van der Waals surface area contributed by atoms with E-state index in [-0.39, 0.29) is 12.4 Å². The van der Waals surface area contributed by atoms with Crippen molar-refractivity contribution in [2.75, 3.05) is 19.8 Å². The zero-order valence-corrected chi connectivity index (χ0v) is 15.7. The van der Waals surface area contributed by atoms with Gasteiger partial charge in [0.2, 0.25) is 5.78 Å². The Labute approximate surface area is 160 Å². The average Bonchev–Trinajstić information content (AvgIpc) is 2.91. The second-order valence-electron chi connectivity index (χ2n) is 5.65. The van der Waals surface area contributed by atoms with Gasteiger partial charge in [-0.3, -0.25) is 4.79 Å². The first-order chi connectivity index (χ1) is 12.5. The van der Waals surface area contributed by atoms with Crippen LogP contribution in [0, 0.1) is 6.92 Å². The molecule has 5 nitrogen and oxygen atoms in total. The summed E-state index contributed by atoms with van der Waals surface area (Å²) >= 11 is 7.58. The number of Topliss-reactive ketones (excluding diaryl/α,β-unsaturated/α-hetero) is 1. The van der Waals surface area contributed by atoms with Gasteiger partial charge in [0.15, 0.2) is 18.1 Å². The van der Waals surface area contributed by atoms with Gasteiger partial charge in [-0.25, -0.2) is 4.79 Å². The van der Waals surface area contributed by atoms with Crippen molar-refractivity contribution in [1.29, 1.82) is 0 Å². The number of halogens is 1. The Bertz CT molecular complexity index is 856. The molecule has 0 amide bonds. The Hall–Kier alpha value is -2.31. The van der Waals surface area contributed by atoms with Crippen molar-refractivity contribution in [1.82, 2.24) is 0 Å². The zero-order chi connectivity index (χ0) is 18.5. The number of hydrogen-bond donors (Lipinski definition) is 0. The summed E-state index contributed by atoms with van der Waals surface area (Å²) in [6.45, 7) is 2.72. The van der Waals surface area contributed by atoms with Crippen molar-refractivity contribution in [3.8, 4) is 11.5 Å². The van der Waals surface area contributed by atoms with Gasteiger partial charge < -0.3 is 14.2 Å². The minimum atomic E-state index is -0.602. The highest BCUT2D eigenvalue weighted by atomic mass is 35.5. The number of ether oxygens (including phenoxy) is 3. The lowest BCUT2D eigenvalue weighted by atomic mass is 10.2. The second-order valence-corrected chi connectivity index (χ2v) is 7.35. The lowest BCUT2D eigenvalue weighted by Crippen LogP contribution is -2.11. The molecule has 0 atom stereocenters. The van der Waals surface area contributed by atoms with E-state index in [1.54, 1.807) is 24.3 Å². The summed E-state index contributed by atoms with van der Waals surface area (Å²) in [6.07, 6.45) is 3.59. The van der Waals surface area contributed by atoms with E-state index >= 15 is 0 Å². The van der Waals surface area contributed by atoms with Crippen LogP contribution in [0.25, 0.3) is 6.08 Å². The van der Waals surface area contributed by atoms with Crippen LogP contribution in [0.3, 0.4) is 0 Å². The number of hydrogen-bond acceptors (Lipinski definition) is 6. The van der Waals surface area contributed by atoms with E-state index in [0.29, 0.717) is 40.2 Å². The lowest BCUT2D eigenvalue weighted by molar-refractivity contribution is -0.136. The number of carbonyl (C=O) groups excluding carboxylic acids is 2. The molecule has 0 saturated carbocycles. The molecule has 3 rings (SSSR count). The van der Waals surface area contributed by atoms with Crippen molar-refractivity contribution in [2.45, 2.75) is 13.3 Å². The fourth-order valence-corrected chi connectivity index (χ4v) is 3.42. The van der Waals surface area contributed by atoms with Crippen LogP contribution in [0.1, 0.15) is 26.5 Å². The predicted molar refractivity (Wildman–Crippen MR) is 100 cm³/mol. The van der Waals surface area contributed by atoms with Crippen LogP contribution < -0.4 is 9.47 Å². The number of aryl methyl sites for hydroxylation is 1. The third kappa shape index (κ3) is 4.65.